The minimum Gasteiger partial charge on any atom is -0.289 e. The van der Waals surface area contributed by atoms with Crippen LogP contribution in [0.4, 0.5) is 0 Å². The van der Waals surface area contributed by atoms with Crippen LogP contribution < -0.4 is 5.48 Å². The third kappa shape index (κ3) is 5.36. The number of nitrogens with zero attached hydrogens (tertiary/aromatic N) is 1. The molecule has 1 amide bonds. The predicted molar refractivity (Wildman–Crippen MR) is 81.0 cm³/mol. The summed E-state index contributed by atoms with van der Waals surface area (Å²) >= 11 is 0. The fourth-order valence-electron chi connectivity index (χ4n) is 2.26. The number of carbonyl (C=O) groups excluding carboxylic acids is 1. The molecule has 0 radical (unpaired) electrons. The summed E-state index contributed by atoms with van der Waals surface area (Å²) in [6.07, 6.45) is 8.28. The van der Waals surface area contributed by atoms with Crippen LogP contribution in [0.5, 0.6) is 0 Å². The molecule has 0 fully saturated rings. The van der Waals surface area contributed by atoms with Gasteiger partial charge in [-0.15, -0.1) is 0 Å². The summed E-state index contributed by atoms with van der Waals surface area (Å²) in [6.45, 7) is 0. The van der Waals surface area contributed by atoms with Crippen molar-refractivity contribution in [2.75, 3.05) is 0 Å². The molecule has 0 saturated heterocycles. The van der Waals surface area contributed by atoms with Crippen LogP contribution in [0.15, 0.2) is 48.8 Å². The molecule has 0 aliphatic carbocycles. The molecule has 0 unspecified atom stereocenters. The summed E-state index contributed by atoms with van der Waals surface area (Å²) in [6, 6.07) is 12.1. The number of unbranched alkanes of at least 4 members (excludes halogenated alkanes) is 1. The van der Waals surface area contributed by atoms with E-state index in [-0.39, 0.29) is 12.3 Å². The Bertz CT molecular complexity index is 553. The molecule has 0 atom stereocenters. The largest absolute Gasteiger partial charge is 0.289 e. The van der Waals surface area contributed by atoms with E-state index in [1.165, 1.54) is 11.1 Å². The van der Waals surface area contributed by atoms with Gasteiger partial charge in [0.15, 0.2) is 0 Å². The van der Waals surface area contributed by atoms with E-state index in [9.17, 15) is 4.79 Å². The monoisotopic (exact) mass is 284 g/mol. The lowest BCUT2D eigenvalue weighted by Gasteiger charge is -2.04. The molecule has 1 aromatic heterocycles. The number of benzene rings is 1. The maximum absolute atomic E-state index is 11.0. The number of hydrogen-bond donors (Lipinski definition) is 2. The average molecular weight is 284 g/mol. The highest BCUT2D eigenvalue weighted by Gasteiger charge is 2.01. The predicted octanol–water partition coefficient (Wildman–Crippen LogP) is 2.69. The van der Waals surface area contributed by atoms with Gasteiger partial charge in [0.05, 0.1) is 6.42 Å². The second kappa shape index (κ2) is 8.17. The van der Waals surface area contributed by atoms with Crippen LogP contribution in [0.3, 0.4) is 0 Å². The molecule has 4 nitrogen and oxygen atoms in total. The first-order chi connectivity index (χ1) is 10.3. The summed E-state index contributed by atoms with van der Waals surface area (Å²) in [5.74, 6) is -0.389. The van der Waals surface area contributed by atoms with Gasteiger partial charge in [0.1, 0.15) is 0 Å². The average Bonchev–Trinajstić information content (AvgIpc) is 2.54. The van der Waals surface area contributed by atoms with Crippen molar-refractivity contribution in [3.05, 3.63) is 65.5 Å². The number of hydroxylamine groups is 1. The maximum atomic E-state index is 11.0. The van der Waals surface area contributed by atoms with Crippen molar-refractivity contribution in [3.63, 3.8) is 0 Å². The Labute approximate surface area is 124 Å². The Kier molecular flexibility index (Phi) is 5.91. The molecule has 2 aromatic rings. The second-order valence-corrected chi connectivity index (χ2v) is 5.09. The van der Waals surface area contributed by atoms with Gasteiger partial charge in [0.25, 0.3) is 0 Å². The Morgan fingerprint density at radius 3 is 2.00 bits per heavy atom. The summed E-state index contributed by atoms with van der Waals surface area (Å²) in [5, 5.41) is 8.48. The van der Waals surface area contributed by atoms with Gasteiger partial charge in [-0.1, -0.05) is 24.3 Å². The van der Waals surface area contributed by atoms with Crippen molar-refractivity contribution in [1.82, 2.24) is 10.5 Å². The Morgan fingerprint density at radius 1 is 0.905 bits per heavy atom. The molecule has 2 N–H and O–H groups in total. The molecular weight excluding hydrogens is 264 g/mol. The molecule has 0 spiro atoms. The quantitative estimate of drug-likeness (QED) is 0.467. The van der Waals surface area contributed by atoms with Gasteiger partial charge in [-0.05, 0) is 54.5 Å². The minimum absolute atomic E-state index is 0.207. The first-order valence-corrected chi connectivity index (χ1v) is 7.17. The second-order valence-electron chi connectivity index (χ2n) is 5.09. The zero-order valence-electron chi connectivity index (χ0n) is 12.0. The van der Waals surface area contributed by atoms with E-state index >= 15 is 0 Å². The standard InChI is InChI=1S/C17H20N2O2/c20-17(19-21)13-16-7-5-14(6-8-16)3-1-2-4-15-9-11-18-12-10-15/h5-12,21H,1-4,13H2,(H,19,20). The van der Waals surface area contributed by atoms with E-state index in [0.29, 0.717) is 0 Å². The van der Waals surface area contributed by atoms with Gasteiger partial charge >= 0.3 is 0 Å². The first kappa shape index (κ1) is 15.2. The highest BCUT2D eigenvalue weighted by atomic mass is 16.5. The van der Waals surface area contributed by atoms with E-state index in [1.807, 2.05) is 36.7 Å². The van der Waals surface area contributed by atoms with E-state index in [0.717, 1.165) is 31.2 Å². The van der Waals surface area contributed by atoms with Crippen LogP contribution in [0.2, 0.25) is 0 Å². The van der Waals surface area contributed by atoms with Gasteiger partial charge < -0.3 is 0 Å². The van der Waals surface area contributed by atoms with E-state index in [4.69, 9.17) is 5.21 Å². The SMILES string of the molecule is O=C(Cc1ccc(CCCCc2ccncc2)cc1)NO. The number of aromatic nitrogens is 1. The van der Waals surface area contributed by atoms with Crippen LogP contribution in [0, 0.1) is 0 Å². The van der Waals surface area contributed by atoms with Crippen LogP contribution in [0.1, 0.15) is 29.5 Å². The highest BCUT2D eigenvalue weighted by Crippen LogP contribution is 2.10. The van der Waals surface area contributed by atoms with Crippen molar-refractivity contribution in [1.29, 1.82) is 0 Å². The number of rotatable bonds is 7. The lowest BCUT2D eigenvalue weighted by atomic mass is 10.0. The summed E-state index contributed by atoms with van der Waals surface area (Å²) < 4.78 is 0. The summed E-state index contributed by atoms with van der Waals surface area (Å²) in [7, 11) is 0. The molecule has 110 valence electrons. The first-order valence-electron chi connectivity index (χ1n) is 7.17. The number of amides is 1. The molecule has 0 saturated carbocycles. The molecule has 1 aromatic carbocycles. The molecule has 0 aliphatic heterocycles. The van der Waals surface area contributed by atoms with Crippen LogP contribution in [-0.4, -0.2) is 16.1 Å². The smallest absolute Gasteiger partial charge is 0.247 e. The lowest BCUT2D eigenvalue weighted by molar-refractivity contribution is -0.128. The summed E-state index contributed by atoms with van der Waals surface area (Å²) in [4.78, 5) is 15.1. The zero-order valence-corrected chi connectivity index (χ0v) is 12.0. The van der Waals surface area contributed by atoms with Crippen LogP contribution in [0.25, 0.3) is 0 Å². The zero-order chi connectivity index (χ0) is 14.9. The van der Waals surface area contributed by atoms with Crippen molar-refractivity contribution < 1.29 is 10.0 Å². The van der Waals surface area contributed by atoms with Crippen molar-refractivity contribution >= 4 is 5.91 Å². The van der Waals surface area contributed by atoms with E-state index in [2.05, 4.69) is 17.1 Å². The Morgan fingerprint density at radius 2 is 1.43 bits per heavy atom. The fraction of sp³-hybridized carbons (Fsp3) is 0.294. The molecular formula is C17H20N2O2. The van der Waals surface area contributed by atoms with E-state index in [1.54, 1.807) is 5.48 Å². The number of hydrogen-bond acceptors (Lipinski definition) is 3. The Hall–Kier alpha value is -2.20. The minimum atomic E-state index is -0.389. The number of pyridine rings is 1. The van der Waals surface area contributed by atoms with Gasteiger partial charge in [0, 0.05) is 12.4 Å². The third-order valence-electron chi connectivity index (χ3n) is 3.44. The summed E-state index contributed by atoms with van der Waals surface area (Å²) in [5.41, 5.74) is 5.15. The van der Waals surface area contributed by atoms with Crippen molar-refractivity contribution in [2.24, 2.45) is 0 Å². The molecule has 0 aliphatic rings. The molecule has 2 rings (SSSR count). The molecule has 21 heavy (non-hydrogen) atoms. The Balaban J connectivity index is 1.72. The number of nitrogens with one attached hydrogen (secondary N) is 1. The third-order valence-corrected chi connectivity index (χ3v) is 3.44. The van der Waals surface area contributed by atoms with Gasteiger partial charge in [-0.3, -0.25) is 15.0 Å². The molecule has 4 heteroatoms. The highest BCUT2D eigenvalue weighted by molar-refractivity contribution is 5.77. The number of carbonyl (C=O) groups is 1. The van der Waals surface area contributed by atoms with Gasteiger partial charge in [-0.2, -0.15) is 0 Å². The van der Waals surface area contributed by atoms with Gasteiger partial charge in [0.2, 0.25) is 5.91 Å². The van der Waals surface area contributed by atoms with Gasteiger partial charge in [-0.25, -0.2) is 5.48 Å². The van der Waals surface area contributed by atoms with Crippen LogP contribution >= 0.6 is 0 Å². The van der Waals surface area contributed by atoms with Crippen LogP contribution in [-0.2, 0) is 24.1 Å². The number of aryl methyl sites for hydroxylation is 2. The fourth-order valence-corrected chi connectivity index (χ4v) is 2.26. The molecule has 1 heterocycles. The van der Waals surface area contributed by atoms with Crippen molar-refractivity contribution in [3.8, 4) is 0 Å². The molecule has 0 bridgehead atoms. The maximum Gasteiger partial charge on any atom is 0.247 e. The van der Waals surface area contributed by atoms with Crippen molar-refractivity contribution in [2.45, 2.75) is 32.1 Å². The normalized spacial score (nSPS) is 10.3. The lowest BCUT2D eigenvalue weighted by Crippen LogP contribution is -2.20. The topological polar surface area (TPSA) is 62.2 Å². The van der Waals surface area contributed by atoms with E-state index < -0.39 is 0 Å².